The second kappa shape index (κ2) is 9.34. The summed E-state index contributed by atoms with van der Waals surface area (Å²) in [5.41, 5.74) is 0.870. The van der Waals surface area contributed by atoms with Crippen molar-refractivity contribution in [3.8, 4) is 5.75 Å². The molecule has 2 rings (SSSR count). The number of rotatable bonds is 10. The number of methoxy groups -OCH3 is 2. The summed E-state index contributed by atoms with van der Waals surface area (Å²) in [6, 6.07) is 7.91. The lowest BCUT2D eigenvalue weighted by atomic mass is 9.86. The Labute approximate surface area is 143 Å². The Morgan fingerprint density at radius 1 is 1.17 bits per heavy atom. The second-order valence-electron chi connectivity index (χ2n) is 6.54. The summed E-state index contributed by atoms with van der Waals surface area (Å²) in [7, 11) is 3.29. The molecule has 6 nitrogen and oxygen atoms in total. The topological polar surface area (TPSA) is 80.2 Å². The Balaban J connectivity index is 1.88. The van der Waals surface area contributed by atoms with Gasteiger partial charge in [0.15, 0.2) is 0 Å². The summed E-state index contributed by atoms with van der Waals surface area (Å²) in [4.78, 5) is 0. The van der Waals surface area contributed by atoms with E-state index >= 15 is 0 Å². The number of hydrogen-bond acceptors (Lipinski definition) is 6. The molecule has 1 aromatic rings. The summed E-state index contributed by atoms with van der Waals surface area (Å²) in [6.45, 7) is 2.92. The molecule has 0 bridgehead atoms. The maximum atomic E-state index is 9.95. The molecule has 1 fully saturated rings. The molecule has 3 N–H and O–H groups in total. The maximum Gasteiger partial charge on any atom is 0.119 e. The molecule has 1 saturated carbocycles. The van der Waals surface area contributed by atoms with Crippen molar-refractivity contribution in [3.63, 3.8) is 0 Å². The predicted molar refractivity (Wildman–Crippen MR) is 91.1 cm³/mol. The highest BCUT2D eigenvalue weighted by Crippen LogP contribution is 2.38. The molecule has 6 heteroatoms. The highest BCUT2D eigenvalue weighted by Gasteiger charge is 2.44. The molecule has 0 saturated heterocycles. The molecule has 0 amide bonds. The Morgan fingerprint density at radius 3 is 2.58 bits per heavy atom. The lowest BCUT2D eigenvalue weighted by Gasteiger charge is -2.29. The Kier molecular flexibility index (Phi) is 7.45. The standard InChI is InChI=1S/C18H29NO5/c1-22-6-7-24-13-18(9-16(20)17(21)10-18)12-19-11-14-4-3-5-15(8-14)23-2/h3-5,8,16-17,19-21H,6-7,9-13H2,1-2H3/t16-,17+,18?. The van der Waals surface area contributed by atoms with Gasteiger partial charge in [-0.05, 0) is 30.5 Å². The van der Waals surface area contributed by atoms with Gasteiger partial charge in [0, 0.05) is 25.6 Å². The van der Waals surface area contributed by atoms with Gasteiger partial charge in [-0.1, -0.05) is 12.1 Å². The van der Waals surface area contributed by atoms with Gasteiger partial charge < -0.3 is 29.7 Å². The predicted octanol–water partition coefficient (Wildman–Crippen LogP) is 0.950. The lowest BCUT2D eigenvalue weighted by Crippen LogP contribution is -2.37. The third-order valence-electron chi connectivity index (χ3n) is 4.53. The summed E-state index contributed by atoms with van der Waals surface area (Å²) in [5, 5.41) is 23.3. The number of nitrogens with one attached hydrogen (secondary N) is 1. The van der Waals surface area contributed by atoms with Gasteiger partial charge in [-0.2, -0.15) is 0 Å². The van der Waals surface area contributed by atoms with Crippen molar-refractivity contribution in [2.45, 2.75) is 31.6 Å². The molecular formula is C18H29NO5. The fourth-order valence-electron chi connectivity index (χ4n) is 3.24. The highest BCUT2D eigenvalue weighted by atomic mass is 16.5. The third kappa shape index (κ3) is 5.43. The molecule has 1 aromatic carbocycles. The van der Waals surface area contributed by atoms with Crippen LogP contribution in [0.3, 0.4) is 0 Å². The van der Waals surface area contributed by atoms with Gasteiger partial charge in [-0.15, -0.1) is 0 Å². The van der Waals surface area contributed by atoms with Crippen LogP contribution in [-0.2, 0) is 16.0 Å². The van der Waals surface area contributed by atoms with Gasteiger partial charge in [-0.25, -0.2) is 0 Å². The van der Waals surface area contributed by atoms with Gasteiger partial charge in [0.25, 0.3) is 0 Å². The van der Waals surface area contributed by atoms with Crippen molar-refractivity contribution in [2.75, 3.05) is 40.6 Å². The fraction of sp³-hybridized carbons (Fsp3) is 0.667. The van der Waals surface area contributed by atoms with Gasteiger partial charge in [-0.3, -0.25) is 0 Å². The summed E-state index contributed by atoms with van der Waals surface area (Å²) in [5.74, 6) is 0.832. The van der Waals surface area contributed by atoms with E-state index in [2.05, 4.69) is 5.32 Å². The number of ether oxygens (including phenoxy) is 3. The van der Waals surface area contributed by atoms with E-state index in [1.54, 1.807) is 14.2 Å². The molecule has 1 aliphatic carbocycles. The molecule has 1 aliphatic rings. The van der Waals surface area contributed by atoms with E-state index in [0.29, 0.717) is 45.8 Å². The minimum Gasteiger partial charge on any atom is -0.497 e. The first-order valence-corrected chi connectivity index (χ1v) is 8.35. The SMILES string of the molecule is COCCOCC1(CNCc2cccc(OC)c2)C[C@@H](O)[C@@H](O)C1. The van der Waals surface area contributed by atoms with Crippen molar-refractivity contribution in [1.29, 1.82) is 0 Å². The number of aliphatic hydroxyl groups excluding tert-OH is 2. The molecule has 3 atom stereocenters. The molecule has 24 heavy (non-hydrogen) atoms. The molecule has 0 aromatic heterocycles. The van der Waals surface area contributed by atoms with E-state index in [-0.39, 0.29) is 5.41 Å². The zero-order valence-corrected chi connectivity index (χ0v) is 14.5. The average molecular weight is 339 g/mol. The van der Waals surface area contributed by atoms with Crippen LogP contribution in [0, 0.1) is 5.41 Å². The van der Waals surface area contributed by atoms with Crippen molar-refractivity contribution >= 4 is 0 Å². The van der Waals surface area contributed by atoms with Crippen molar-refractivity contribution < 1.29 is 24.4 Å². The summed E-state index contributed by atoms with van der Waals surface area (Å²) in [6.07, 6.45) is -0.303. The van der Waals surface area contributed by atoms with E-state index < -0.39 is 12.2 Å². The van der Waals surface area contributed by atoms with Crippen LogP contribution in [0.5, 0.6) is 5.75 Å². The van der Waals surface area contributed by atoms with Gasteiger partial charge in [0.05, 0.1) is 39.1 Å². The molecule has 0 radical (unpaired) electrons. The average Bonchev–Trinajstić information content (AvgIpc) is 2.86. The maximum absolute atomic E-state index is 9.95. The van der Waals surface area contributed by atoms with Gasteiger partial charge >= 0.3 is 0 Å². The Morgan fingerprint density at radius 2 is 1.92 bits per heavy atom. The number of aliphatic hydroxyl groups is 2. The van der Waals surface area contributed by atoms with E-state index in [9.17, 15) is 10.2 Å². The van der Waals surface area contributed by atoms with Crippen molar-refractivity contribution in [3.05, 3.63) is 29.8 Å². The number of benzene rings is 1. The van der Waals surface area contributed by atoms with Gasteiger partial charge in [0.2, 0.25) is 0 Å². The minimum absolute atomic E-state index is 0.258. The zero-order valence-electron chi connectivity index (χ0n) is 14.5. The van der Waals surface area contributed by atoms with Crippen LogP contribution in [0.25, 0.3) is 0 Å². The van der Waals surface area contributed by atoms with Crippen LogP contribution in [0.15, 0.2) is 24.3 Å². The first kappa shape index (κ1) is 19.1. The molecular weight excluding hydrogens is 310 g/mol. The number of hydrogen-bond donors (Lipinski definition) is 3. The van der Waals surface area contributed by atoms with Crippen LogP contribution in [0.1, 0.15) is 18.4 Å². The van der Waals surface area contributed by atoms with Crippen LogP contribution < -0.4 is 10.1 Å². The monoisotopic (exact) mass is 339 g/mol. The van der Waals surface area contributed by atoms with E-state index in [0.717, 1.165) is 11.3 Å². The smallest absolute Gasteiger partial charge is 0.119 e. The third-order valence-corrected chi connectivity index (χ3v) is 4.53. The van der Waals surface area contributed by atoms with E-state index in [1.165, 1.54) is 0 Å². The lowest BCUT2D eigenvalue weighted by molar-refractivity contribution is 0.0111. The zero-order chi connectivity index (χ0) is 17.4. The highest BCUT2D eigenvalue weighted by molar-refractivity contribution is 5.28. The first-order valence-electron chi connectivity index (χ1n) is 8.35. The van der Waals surface area contributed by atoms with Crippen molar-refractivity contribution in [2.24, 2.45) is 5.41 Å². The minimum atomic E-state index is -0.686. The quantitative estimate of drug-likeness (QED) is 0.551. The Hall–Kier alpha value is -1.18. The van der Waals surface area contributed by atoms with Crippen molar-refractivity contribution in [1.82, 2.24) is 5.32 Å². The molecule has 136 valence electrons. The van der Waals surface area contributed by atoms with Crippen LogP contribution in [0.4, 0.5) is 0 Å². The van der Waals surface area contributed by atoms with E-state index in [4.69, 9.17) is 14.2 Å². The largest absolute Gasteiger partial charge is 0.497 e. The van der Waals surface area contributed by atoms with E-state index in [1.807, 2.05) is 24.3 Å². The molecule has 0 heterocycles. The van der Waals surface area contributed by atoms with Gasteiger partial charge in [0.1, 0.15) is 5.75 Å². The van der Waals surface area contributed by atoms with Crippen LogP contribution in [-0.4, -0.2) is 63.0 Å². The molecule has 1 unspecified atom stereocenters. The molecule has 0 aliphatic heterocycles. The normalized spacial score (nSPS) is 26.7. The fourth-order valence-corrected chi connectivity index (χ4v) is 3.24. The molecule has 0 spiro atoms. The van der Waals surface area contributed by atoms with Crippen LogP contribution >= 0.6 is 0 Å². The Bertz CT molecular complexity index is 486. The first-order chi connectivity index (χ1) is 11.6. The summed E-state index contributed by atoms with van der Waals surface area (Å²) < 4.78 is 15.9. The van der Waals surface area contributed by atoms with Crippen LogP contribution in [0.2, 0.25) is 0 Å². The second-order valence-corrected chi connectivity index (χ2v) is 6.54. The summed E-state index contributed by atoms with van der Waals surface area (Å²) >= 11 is 0.